The molecular formula is C35H58N2O9. The van der Waals surface area contributed by atoms with Crippen molar-refractivity contribution in [2.45, 2.75) is 116 Å². The van der Waals surface area contributed by atoms with Crippen LogP contribution in [0, 0.1) is 17.8 Å². The molecule has 10 atom stereocenters. The molecule has 46 heavy (non-hydrogen) atoms. The van der Waals surface area contributed by atoms with Gasteiger partial charge in [-0.25, -0.2) is 4.79 Å². The topological polar surface area (TPSA) is 150 Å². The average Bonchev–Trinajstić information content (AvgIpc) is 3.78. The van der Waals surface area contributed by atoms with Crippen molar-refractivity contribution in [2.24, 2.45) is 17.8 Å². The van der Waals surface area contributed by atoms with E-state index in [9.17, 15) is 24.9 Å². The van der Waals surface area contributed by atoms with Crippen molar-refractivity contribution in [1.29, 1.82) is 0 Å². The first-order valence-corrected chi connectivity index (χ1v) is 17.0. The normalized spacial score (nSPS) is 34.5. The summed E-state index contributed by atoms with van der Waals surface area (Å²) in [6.07, 6.45) is 7.63. The van der Waals surface area contributed by atoms with E-state index in [1.54, 1.807) is 19.1 Å². The number of morpholine rings is 1. The van der Waals surface area contributed by atoms with Crippen LogP contribution in [0.15, 0.2) is 36.0 Å². The maximum Gasteiger partial charge on any atom is 0.407 e. The van der Waals surface area contributed by atoms with Crippen molar-refractivity contribution >= 4 is 12.1 Å². The summed E-state index contributed by atoms with van der Waals surface area (Å²) in [4.78, 5) is 27.7. The summed E-state index contributed by atoms with van der Waals surface area (Å²) in [5, 5.41) is 34.8. The first-order chi connectivity index (χ1) is 21.8. The number of alkyl carbamates (subject to hydrolysis) is 1. The Balaban J connectivity index is 1.65. The molecule has 0 radical (unpaired) electrons. The molecule has 0 aromatic rings. The van der Waals surface area contributed by atoms with E-state index in [2.05, 4.69) is 23.2 Å². The summed E-state index contributed by atoms with van der Waals surface area (Å²) >= 11 is 0. The van der Waals surface area contributed by atoms with E-state index < -0.39 is 36.0 Å². The highest BCUT2D eigenvalue weighted by atomic mass is 16.6. The van der Waals surface area contributed by atoms with Crippen LogP contribution >= 0.6 is 0 Å². The van der Waals surface area contributed by atoms with Gasteiger partial charge in [-0.15, -0.1) is 0 Å². The van der Waals surface area contributed by atoms with Crippen LogP contribution in [0.2, 0.25) is 0 Å². The van der Waals surface area contributed by atoms with Crippen molar-refractivity contribution in [3.8, 4) is 0 Å². The van der Waals surface area contributed by atoms with E-state index in [-0.39, 0.29) is 55.3 Å². The Kier molecular flexibility index (Phi) is 15.2. The van der Waals surface area contributed by atoms with Gasteiger partial charge < -0.3 is 39.6 Å². The zero-order valence-corrected chi connectivity index (χ0v) is 28.6. The third-order valence-electron chi connectivity index (χ3n) is 9.38. The summed E-state index contributed by atoms with van der Waals surface area (Å²) in [6.45, 7) is 15.5. The lowest BCUT2D eigenvalue weighted by atomic mass is 9.88. The molecule has 11 heteroatoms. The Morgan fingerprint density at radius 1 is 1.26 bits per heavy atom. The van der Waals surface area contributed by atoms with Crippen LogP contribution in [0.4, 0.5) is 4.79 Å². The molecule has 2 saturated heterocycles. The predicted molar refractivity (Wildman–Crippen MR) is 175 cm³/mol. The van der Waals surface area contributed by atoms with E-state index in [1.165, 1.54) is 0 Å². The fraction of sp³-hybridized carbons (Fsp3) is 0.771. The number of carbonyl (C=O) groups is 2. The molecule has 0 aliphatic carbocycles. The van der Waals surface area contributed by atoms with Gasteiger partial charge in [-0.3, -0.25) is 9.69 Å². The van der Waals surface area contributed by atoms with Crippen molar-refractivity contribution < 1.29 is 43.9 Å². The molecule has 0 saturated carbocycles. The van der Waals surface area contributed by atoms with Crippen molar-refractivity contribution in [3.05, 3.63) is 36.0 Å². The minimum Gasteiger partial charge on any atom is -0.457 e. The van der Waals surface area contributed by atoms with Gasteiger partial charge >= 0.3 is 12.1 Å². The number of aliphatic hydroxyl groups is 3. The zero-order chi connectivity index (χ0) is 33.9. The van der Waals surface area contributed by atoms with Gasteiger partial charge in [0.25, 0.3) is 0 Å². The van der Waals surface area contributed by atoms with Gasteiger partial charge in [-0.1, -0.05) is 52.0 Å². The molecule has 0 aromatic carbocycles. The number of aliphatic hydroxyl groups excluding tert-OH is 2. The molecule has 0 aromatic heterocycles. The average molecular weight is 651 g/mol. The number of allylic oxidation sites excluding steroid dienone is 3. The zero-order valence-electron chi connectivity index (χ0n) is 28.6. The SMILES string of the molecule is CCC(O)C(C)C1OC1CC(C)/C=C/C=C(\C)C1OC(=O)CC(O)CCC(C)(O)C(OC(=O)NCCN2CCOCC2)/C=C/C1C. The molecule has 0 bridgehead atoms. The van der Waals surface area contributed by atoms with Gasteiger partial charge in [-0.05, 0) is 57.1 Å². The molecular weight excluding hydrogens is 592 g/mol. The Labute approximate surface area is 275 Å². The van der Waals surface area contributed by atoms with E-state index in [4.69, 9.17) is 18.9 Å². The highest BCUT2D eigenvalue weighted by Gasteiger charge is 2.45. The number of esters is 1. The van der Waals surface area contributed by atoms with E-state index in [0.29, 0.717) is 32.7 Å². The maximum atomic E-state index is 12.8. The van der Waals surface area contributed by atoms with Gasteiger partial charge in [0.1, 0.15) is 11.7 Å². The van der Waals surface area contributed by atoms with Crippen molar-refractivity contribution in [1.82, 2.24) is 10.2 Å². The van der Waals surface area contributed by atoms with Gasteiger partial charge in [0.05, 0.1) is 44.1 Å². The number of amides is 1. The summed E-state index contributed by atoms with van der Waals surface area (Å²) in [6, 6.07) is 0. The second kappa shape index (κ2) is 18.3. The Bertz CT molecular complexity index is 1050. The number of hydrogen-bond acceptors (Lipinski definition) is 10. The van der Waals surface area contributed by atoms with E-state index in [1.807, 2.05) is 39.8 Å². The number of carbonyl (C=O) groups excluding carboxylic acids is 2. The molecule has 11 nitrogen and oxygen atoms in total. The van der Waals surface area contributed by atoms with E-state index in [0.717, 1.165) is 25.1 Å². The standard InChI is InChI=1S/C35H58N2O9/c1-7-28(39)26(5)33-29(44-33)21-23(2)9-8-10-24(3)32-25(4)11-12-30(35(6,42)14-13-27(38)22-31(40)46-32)45-34(41)36-15-16-37-17-19-43-20-18-37/h8-12,23,25-30,32-33,38-39,42H,7,13-22H2,1-6H3,(H,36,41)/b9-8+,12-11+,24-10+. The fourth-order valence-corrected chi connectivity index (χ4v) is 6.08. The second-order valence-electron chi connectivity index (χ2n) is 13.6. The molecule has 2 fully saturated rings. The minimum atomic E-state index is -1.47. The van der Waals surface area contributed by atoms with Crippen LogP contribution in [-0.2, 0) is 23.7 Å². The van der Waals surface area contributed by atoms with Crippen LogP contribution in [0.5, 0.6) is 0 Å². The highest BCUT2D eigenvalue weighted by molar-refractivity contribution is 5.70. The van der Waals surface area contributed by atoms with Crippen LogP contribution < -0.4 is 5.32 Å². The number of nitrogens with one attached hydrogen (secondary N) is 1. The first-order valence-electron chi connectivity index (χ1n) is 17.0. The number of ether oxygens (including phenoxy) is 4. The molecule has 0 spiro atoms. The molecule has 3 rings (SSSR count). The molecule has 4 N–H and O–H groups in total. The third-order valence-corrected chi connectivity index (χ3v) is 9.38. The maximum absolute atomic E-state index is 12.8. The number of cyclic esters (lactones) is 1. The van der Waals surface area contributed by atoms with Gasteiger partial charge in [0, 0.05) is 38.0 Å². The van der Waals surface area contributed by atoms with Gasteiger partial charge in [0.2, 0.25) is 0 Å². The number of nitrogens with zero attached hydrogens (tertiary/aromatic N) is 1. The minimum absolute atomic E-state index is 0.0939. The monoisotopic (exact) mass is 650 g/mol. The summed E-state index contributed by atoms with van der Waals surface area (Å²) in [5.74, 6) is -0.478. The molecule has 262 valence electrons. The molecule has 3 heterocycles. The first kappa shape index (κ1) is 38.2. The highest BCUT2D eigenvalue weighted by Crippen LogP contribution is 2.36. The van der Waals surface area contributed by atoms with Crippen LogP contribution in [-0.4, -0.2) is 114 Å². The number of epoxide rings is 1. The van der Waals surface area contributed by atoms with Crippen molar-refractivity contribution in [3.63, 3.8) is 0 Å². The quantitative estimate of drug-likeness (QED) is 0.107. The van der Waals surface area contributed by atoms with Crippen LogP contribution in [0.3, 0.4) is 0 Å². The predicted octanol–water partition coefficient (Wildman–Crippen LogP) is 3.52. The molecule has 3 aliphatic rings. The Hall–Kier alpha value is -2.28. The second-order valence-corrected chi connectivity index (χ2v) is 13.6. The van der Waals surface area contributed by atoms with Gasteiger partial charge in [-0.2, -0.15) is 0 Å². The molecule has 10 unspecified atom stereocenters. The Morgan fingerprint density at radius 3 is 2.67 bits per heavy atom. The number of hydrogen-bond donors (Lipinski definition) is 4. The Morgan fingerprint density at radius 2 is 1.98 bits per heavy atom. The fourth-order valence-electron chi connectivity index (χ4n) is 6.08. The summed E-state index contributed by atoms with van der Waals surface area (Å²) < 4.78 is 22.8. The lowest BCUT2D eigenvalue weighted by Crippen LogP contribution is -2.46. The third kappa shape index (κ3) is 12.4. The van der Waals surface area contributed by atoms with Gasteiger partial charge in [0.15, 0.2) is 6.10 Å². The number of rotatable bonds is 12. The summed E-state index contributed by atoms with van der Waals surface area (Å²) in [5.41, 5.74) is -0.663. The van der Waals surface area contributed by atoms with Crippen LogP contribution in [0.25, 0.3) is 0 Å². The summed E-state index contributed by atoms with van der Waals surface area (Å²) in [7, 11) is 0. The lowest BCUT2D eigenvalue weighted by Gasteiger charge is -2.33. The molecule has 3 aliphatic heterocycles. The molecule has 1 amide bonds. The lowest BCUT2D eigenvalue weighted by molar-refractivity contribution is -0.151. The van der Waals surface area contributed by atoms with E-state index >= 15 is 0 Å². The van der Waals surface area contributed by atoms with Crippen molar-refractivity contribution in [2.75, 3.05) is 39.4 Å². The smallest absolute Gasteiger partial charge is 0.407 e. The largest absolute Gasteiger partial charge is 0.457 e. The van der Waals surface area contributed by atoms with Crippen LogP contribution in [0.1, 0.15) is 73.6 Å².